The van der Waals surface area contributed by atoms with Crippen LogP contribution in [0.4, 0.5) is 14.5 Å². The van der Waals surface area contributed by atoms with E-state index in [1.165, 1.54) is 19.2 Å². The lowest BCUT2D eigenvalue weighted by molar-refractivity contribution is 0.0691. The largest absolute Gasteiger partial charge is 0.478 e. The third-order valence-corrected chi connectivity index (χ3v) is 4.80. The van der Waals surface area contributed by atoms with E-state index < -0.39 is 33.2 Å². The van der Waals surface area contributed by atoms with Gasteiger partial charge >= 0.3 is 5.97 Å². The van der Waals surface area contributed by atoms with Crippen molar-refractivity contribution in [1.82, 2.24) is 0 Å². The summed E-state index contributed by atoms with van der Waals surface area (Å²) in [6.07, 6.45) is 0. The number of aromatic carboxylic acids is 1. The molecule has 1 N–H and O–H groups in total. The van der Waals surface area contributed by atoms with Crippen LogP contribution < -0.4 is 4.31 Å². The minimum Gasteiger partial charge on any atom is -0.478 e. The molecule has 0 amide bonds. The van der Waals surface area contributed by atoms with Gasteiger partial charge in [0, 0.05) is 7.05 Å². The number of hydrogen-bond donors (Lipinski definition) is 1. The summed E-state index contributed by atoms with van der Waals surface area (Å²) in [5.41, 5.74) is -0.559. The number of carboxylic acids is 1. The molecular formula is C14H11F2NO4S. The first-order valence-corrected chi connectivity index (χ1v) is 7.45. The summed E-state index contributed by atoms with van der Waals surface area (Å²) in [4.78, 5) is 10.5. The number of rotatable bonds is 4. The van der Waals surface area contributed by atoms with Crippen LogP contribution in [-0.2, 0) is 10.0 Å². The third-order valence-electron chi connectivity index (χ3n) is 3.02. The van der Waals surface area contributed by atoms with E-state index in [-0.39, 0.29) is 10.6 Å². The van der Waals surface area contributed by atoms with E-state index in [0.29, 0.717) is 0 Å². The van der Waals surface area contributed by atoms with Gasteiger partial charge < -0.3 is 5.11 Å². The Labute approximate surface area is 125 Å². The average Bonchev–Trinajstić information content (AvgIpc) is 2.47. The van der Waals surface area contributed by atoms with Crippen molar-refractivity contribution >= 4 is 21.7 Å². The van der Waals surface area contributed by atoms with Crippen LogP contribution in [0.1, 0.15) is 10.4 Å². The molecule has 0 saturated carbocycles. The molecule has 8 heteroatoms. The van der Waals surface area contributed by atoms with E-state index in [1.807, 2.05) is 0 Å². The maximum absolute atomic E-state index is 13.3. The molecule has 0 aliphatic carbocycles. The Kier molecular flexibility index (Phi) is 4.14. The van der Waals surface area contributed by atoms with Crippen LogP contribution in [-0.4, -0.2) is 26.5 Å². The van der Waals surface area contributed by atoms with Crippen LogP contribution in [0.5, 0.6) is 0 Å². The molecule has 0 aliphatic heterocycles. The highest BCUT2D eigenvalue weighted by atomic mass is 32.2. The lowest BCUT2D eigenvalue weighted by atomic mass is 10.2. The molecule has 0 atom stereocenters. The zero-order valence-electron chi connectivity index (χ0n) is 11.3. The molecule has 0 spiro atoms. The highest BCUT2D eigenvalue weighted by Crippen LogP contribution is 2.23. The molecular weight excluding hydrogens is 316 g/mol. The number of halogens is 2. The Morgan fingerprint density at radius 3 is 2.23 bits per heavy atom. The Bertz CT molecular complexity index is 819. The van der Waals surface area contributed by atoms with Gasteiger partial charge in [0.2, 0.25) is 0 Å². The van der Waals surface area contributed by atoms with Gasteiger partial charge in [-0.05, 0) is 42.5 Å². The van der Waals surface area contributed by atoms with Crippen molar-refractivity contribution in [2.75, 3.05) is 11.4 Å². The molecule has 0 aromatic heterocycles. The zero-order valence-corrected chi connectivity index (χ0v) is 12.1. The van der Waals surface area contributed by atoms with Gasteiger partial charge in [-0.3, -0.25) is 4.31 Å². The van der Waals surface area contributed by atoms with Gasteiger partial charge in [0.25, 0.3) is 10.0 Å². The predicted octanol–water partition coefficient (Wildman–Crippen LogP) is 2.49. The number of nitrogens with zero attached hydrogens (tertiary/aromatic N) is 1. The second-order valence-electron chi connectivity index (χ2n) is 4.40. The van der Waals surface area contributed by atoms with Crippen LogP contribution in [0, 0.1) is 11.6 Å². The molecule has 0 fully saturated rings. The molecule has 22 heavy (non-hydrogen) atoms. The molecule has 116 valence electrons. The number of benzene rings is 2. The number of anilines is 1. The summed E-state index contributed by atoms with van der Waals surface area (Å²) in [6.45, 7) is 0. The summed E-state index contributed by atoms with van der Waals surface area (Å²) >= 11 is 0. The Morgan fingerprint density at radius 2 is 1.68 bits per heavy atom. The Morgan fingerprint density at radius 1 is 1.09 bits per heavy atom. The molecule has 0 bridgehead atoms. The molecule has 0 radical (unpaired) electrons. The van der Waals surface area contributed by atoms with Crippen LogP contribution >= 0.6 is 0 Å². The maximum Gasteiger partial charge on any atom is 0.338 e. The first kappa shape index (κ1) is 15.9. The van der Waals surface area contributed by atoms with Gasteiger partial charge in [0.05, 0.1) is 16.1 Å². The highest BCUT2D eigenvalue weighted by Gasteiger charge is 2.24. The highest BCUT2D eigenvalue weighted by molar-refractivity contribution is 7.92. The second-order valence-corrected chi connectivity index (χ2v) is 6.37. The predicted molar refractivity (Wildman–Crippen MR) is 75.3 cm³/mol. The first-order chi connectivity index (χ1) is 10.2. The van der Waals surface area contributed by atoms with Crippen molar-refractivity contribution in [3.8, 4) is 0 Å². The molecule has 5 nitrogen and oxygen atoms in total. The number of carbonyl (C=O) groups is 1. The van der Waals surface area contributed by atoms with E-state index in [4.69, 9.17) is 5.11 Å². The van der Waals surface area contributed by atoms with Crippen molar-refractivity contribution in [3.63, 3.8) is 0 Å². The normalized spacial score (nSPS) is 11.2. The fraction of sp³-hybridized carbons (Fsp3) is 0.0714. The molecule has 0 heterocycles. The number of carboxylic acid groups (broad SMARTS) is 1. The van der Waals surface area contributed by atoms with E-state index in [1.54, 1.807) is 0 Å². The summed E-state index contributed by atoms with van der Waals surface area (Å²) < 4.78 is 51.9. The summed E-state index contributed by atoms with van der Waals surface area (Å²) in [5, 5.41) is 8.85. The van der Waals surface area contributed by atoms with Gasteiger partial charge in [0.15, 0.2) is 0 Å². The fourth-order valence-electron chi connectivity index (χ4n) is 1.78. The summed E-state index contributed by atoms with van der Waals surface area (Å²) in [6, 6.07) is 7.19. The summed E-state index contributed by atoms with van der Waals surface area (Å²) in [7, 11) is -2.87. The van der Waals surface area contributed by atoms with E-state index in [9.17, 15) is 22.0 Å². The van der Waals surface area contributed by atoms with E-state index in [2.05, 4.69) is 0 Å². The fourth-order valence-corrected chi connectivity index (χ4v) is 3.00. The van der Waals surface area contributed by atoms with Crippen molar-refractivity contribution in [2.24, 2.45) is 0 Å². The minimum atomic E-state index is -4.10. The van der Waals surface area contributed by atoms with Crippen LogP contribution in [0.3, 0.4) is 0 Å². The third kappa shape index (κ3) is 2.91. The molecule has 0 aliphatic rings. The quantitative estimate of drug-likeness (QED) is 0.936. The van der Waals surface area contributed by atoms with Gasteiger partial charge in [-0.15, -0.1) is 0 Å². The van der Waals surface area contributed by atoms with Gasteiger partial charge in [-0.2, -0.15) is 0 Å². The monoisotopic (exact) mass is 327 g/mol. The number of hydrogen-bond acceptors (Lipinski definition) is 3. The molecule has 2 rings (SSSR count). The lowest BCUT2D eigenvalue weighted by Crippen LogP contribution is -2.26. The van der Waals surface area contributed by atoms with Crippen molar-refractivity contribution in [3.05, 3.63) is 59.7 Å². The maximum atomic E-state index is 13.3. The Hall–Kier alpha value is -2.48. The van der Waals surface area contributed by atoms with Crippen molar-refractivity contribution < 1.29 is 27.1 Å². The van der Waals surface area contributed by atoms with E-state index in [0.717, 1.165) is 34.6 Å². The molecule has 2 aromatic rings. The first-order valence-electron chi connectivity index (χ1n) is 6.01. The standard InChI is InChI=1S/C14H11F2NO4S/c1-17(10-4-2-9(15)3-5-10)22(20,21)11-6-7-13(16)12(8-11)14(18)19/h2-8H,1H3,(H,18,19). The SMILES string of the molecule is CN(c1ccc(F)cc1)S(=O)(=O)c1ccc(F)c(C(=O)O)c1. The summed E-state index contributed by atoms with van der Waals surface area (Å²) in [5.74, 6) is -3.13. The second kappa shape index (κ2) is 5.72. The van der Waals surface area contributed by atoms with Crippen molar-refractivity contribution in [1.29, 1.82) is 0 Å². The van der Waals surface area contributed by atoms with Crippen molar-refractivity contribution in [2.45, 2.75) is 4.90 Å². The molecule has 2 aromatic carbocycles. The minimum absolute atomic E-state index is 0.183. The van der Waals surface area contributed by atoms with Gasteiger partial charge in [-0.1, -0.05) is 0 Å². The van der Waals surface area contributed by atoms with Crippen LogP contribution in [0.2, 0.25) is 0 Å². The van der Waals surface area contributed by atoms with Crippen LogP contribution in [0.25, 0.3) is 0 Å². The van der Waals surface area contributed by atoms with E-state index >= 15 is 0 Å². The van der Waals surface area contributed by atoms with Gasteiger partial charge in [0.1, 0.15) is 11.6 Å². The lowest BCUT2D eigenvalue weighted by Gasteiger charge is -2.19. The number of sulfonamides is 1. The smallest absolute Gasteiger partial charge is 0.338 e. The Balaban J connectivity index is 2.48. The molecule has 0 saturated heterocycles. The van der Waals surface area contributed by atoms with Crippen LogP contribution in [0.15, 0.2) is 47.4 Å². The average molecular weight is 327 g/mol. The zero-order chi connectivity index (χ0) is 16.5. The topological polar surface area (TPSA) is 74.7 Å². The van der Waals surface area contributed by atoms with Gasteiger partial charge in [-0.25, -0.2) is 22.0 Å². The molecule has 0 unspecified atom stereocenters.